The molecule has 0 N–H and O–H groups in total. The number of halogens is 1. The molecular weight excluding hydrogens is 382 g/mol. The monoisotopic (exact) mass is 401 g/mol. The molecule has 0 spiro atoms. The van der Waals surface area contributed by atoms with Gasteiger partial charge in [-0.25, -0.2) is 0 Å². The van der Waals surface area contributed by atoms with Gasteiger partial charge in [-0.3, -0.25) is 4.57 Å². The first-order chi connectivity index (χ1) is 13.1. The second-order valence-corrected chi connectivity index (χ2v) is 7.47. The summed E-state index contributed by atoms with van der Waals surface area (Å²) >= 11 is 7.63. The van der Waals surface area contributed by atoms with Crippen LogP contribution >= 0.6 is 23.4 Å². The van der Waals surface area contributed by atoms with Crippen LogP contribution < -0.4 is 4.74 Å². The number of methoxy groups -OCH3 is 1. The average Bonchev–Trinajstić information content (AvgIpc) is 3.09. The van der Waals surface area contributed by atoms with Crippen molar-refractivity contribution in [1.29, 1.82) is 0 Å². The molecule has 0 saturated heterocycles. The van der Waals surface area contributed by atoms with Crippen LogP contribution in [0.1, 0.15) is 19.8 Å². The number of aromatic nitrogens is 3. The van der Waals surface area contributed by atoms with E-state index in [9.17, 15) is 4.79 Å². The molecule has 0 amide bonds. The smallest absolute Gasteiger partial charge is 0.196 e. The molecule has 1 aromatic heterocycles. The highest BCUT2D eigenvalue weighted by atomic mass is 35.5. The maximum atomic E-state index is 11.2. The summed E-state index contributed by atoms with van der Waals surface area (Å²) in [5.41, 5.74) is 1.78. The highest BCUT2D eigenvalue weighted by molar-refractivity contribution is 7.99. The first-order valence-electron chi connectivity index (χ1n) is 8.57. The van der Waals surface area contributed by atoms with Crippen LogP contribution in [0.5, 0.6) is 5.75 Å². The molecule has 0 atom stereocenters. The molecule has 2 aromatic carbocycles. The van der Waals surface area contributed by atoms with Crippen molar-refractivity contribution >= 4 is 29.1 Å². The van der Waals surface area contributed by atoms with Gasteiger partial charge in [-0.05, 0) is 49.7 Å². The van der Waals surface area contributed by atoms with Gasteiger partial charge in [-0.2, -0.15) is 0 Å². The zero-order valence-corrected chi connectivity index (χ0v) is 16.8. The SMILES string of the molecule is COc1ccccc1-c1nnc(SCCCC(C)=O)n1-c1ccc(Cl)cc1. The number of carbonyl (C=O) groups excluding carboxylic acids is 1. The van der Waals surface area contributed by atoms with Crippen molar-refractivity contribution in [3.63, 3.8) is 0 Å². The van der Waals surface area contributed by atoms with Crippen LogP contribution in [0, 0.1) is 0 Å². The molecule has 0 bridgehead atoms. The fraction of sp³-hybridized carbons (Fsp3) is 0.250. The van der Waals surface area contributed by atoms with Crippen LogP contribution in [0.25, 0.3) is 17.1 Å². The Kier molecular flexibility index (Phi) is 6.53. The van der Waals surface area contributed by atoms with E-state index in [2.05, 4.69) is 10.2 Å². The summed E-state index contributed by atoms with van der Waals surface area (Å²) in [5, 5.41) is 10.2. The van der Waals surface area contributed by atoms with Gasteiger partial charge in [-0.1, -0.05) is 35.5 Å². The third kappa shape index (κ3) is 4.70. The minimum Gasteiger partial charge on any atom is -0.496 e. The van der Waals surface area contributed by atoms with E-state index >= 15 is 0 Å². The summed E-state index contributed by atoms with van der Waals surface area (Å²) in [4.78, 5) is 11.2. The lowest BCUT2D eigenvalue weighted by Crippen LogP contribution is -2.01. The molecule has 0 saturated carbocycles. The van der Waals surface area contributed by atoms with Crippen LogP contribution in [-0.4, -0.2) is 33.4 Å². The lowest BCUT2D eigenvalue weighted by molar-refractivity contribution is -0.117. The number of benzene rings is 2. The molecular formula is C20H20ClN3O2S. The summed E-state index contributed by atoms with van der Waals surface area (Å²) in [6.45, 7) is 1.61. The number of nitrogens with zero attached hydrogens (tertiary/aromatic N) is 3. The Morgan fingerprint density at radius 1 is 1.15 bits per heavy atom. The van der Waals surface area contributed by atoms with E-state index in [0.717, 1.165) is 34.3 Å². The van der Waals surface area contributed by atoms with E-state index < -0.39 is 0 Å². The number of hydrogen-bond donors (Lipinski definition) is 0. The second-order valence-electron chi connectivity index (χ2n) is 5.97. The maximum Gasteiger partial charge on any atom is 0.196 e. The third-order valence-electron chi connectivity index (χ3n) is 3.97. The van der Waals surface area contributed by atoms with Crippen LogP contribution in [0.4, 0.5) is 0 Å². The molecule has 3 aromatic rings. The summed E-state index contributed by atoms with van der Waals surface area (Å²) < 4.78 is 7.49. The third-order valence-corrected chi connectivity index (χ3v) is 5.24. The zero-order valence-electron chi connectivity index (χ0n) is 15.2. The van der Waals surface area contributed by atoms with Gasteiger partial charge < -0.3 is 9.53 Å². The van der Waals surface area contributed by atoms with Gasteiger partial charge in [0.25, 0.3) is 0 Å². The van der Waals surface area contributed by atoms with E-state index in [1.165, 1.54) is 0 Å². The second kappa shape index (κ2) is 9.06. The van der Waals surface area contributed by atoms with Gasteiger partial charge in [-0.15, -0.1) is 10.2 Å². The average molecular weight is 402 g/mol. The quantitative estimate of drug-likeness (QED) is 0.390. The fourth-order valence-electron chi connectivity index (χ4n) is 2.67. The maximum absolute atomic E-state index is 11.2. The summed E-state index contributed by atoms with van der Waals surface area (Å²) in [5.74, 6) is 2.42. The fourth-order valence-corrected chi connectivity index (χ4v) is 3.69. The van der Waals surface area contributed by atoms with Crippen molar-refractivity contribution in [3.05, 3.63) is 53.6 Å². The minimum absolute atomic E-state index is 0.199. The number of carbonyl (C=O) groups is 1. The van der Waals surface area contributed by atoms with E-state index in [1.54, 1.807) is 25.8 Å². The molecule has 0 aliphatic heterocycles. The van der Waals surface area contributed by atoms with Gasteiger partial charge >= 0.3 is 0 Å². The molecule has 7 heteroatoms. The number of hydrogen-bond acceptors (Lipinski definition) is 5. The van der Waals surface area contributed by atoms with Crippen molar-refractivity contribution in [2.75, 3.05) is 12.9 Å². The first-order valence-corrected chi connectivity index (χ1v) is 9.93. The molecule has 140 valence electrons. The number of para-hydroxylation sites is 1. The van der Waals surface area contributed by atoms with Gasteiger partial charge in [0.05, 0.1) is 12.7 Å². The Morgan fingerprint density at radius 3 is 2.59 bits per heavy atom. The Morgan fingerprint density at radius 2 is 1.89 bits per heavy atom. The van der Waals surface area contributed by atoms with Gasteiger partial charge in [0.15, 0.2) is 11.0 Å². The van der Waals surface area contributed by atoms with Crippen LogP contribution in [0.3, 0.4) is 0 Å². The van der Waals surface area contributed by atoms with Gasteiger partial charge in [0.1, 0.15) is 11.5 Å². The minimum atomic E-state index is 0.199. The van der Waals surface area contributed by atoms with E-state index in [1.807, 2.05) is 53.1 Å². The predicted molar refractivity (Wildman–Crippen MR) is 109 cm³/mol. The zero-order chi connectivity index (χ0) is 19.2. The van der Waals surface area contributed by atoms with Crippen LogP contribution in [-0.2, 0) is 4.79 Å². The largest absolute Gasteiger partial charge is 0.496 e. The Bertz CT molecular complexity index is 925. The number of Topliss-reactive ketones (excluding diaryl/α,β-unsaturated/α-hetero) is 1. The van der Waals surface area contributed by atoms with Crippen molar-refractivity contribution < 1.29 is 9.53 Å². The molecule has 27 heavy (non-hydrogen) atoms. The molecule has 0 aliphatic carbocycles. The van der Waals surface area contributed by atoms with E-state index in [0.29, 0.717) is 17.3 Å². The number of ketones is 1. The van der Waals surface area contributed by atoms with E-state index in [4.69, 9.17) is 16.3 Å². The standard InChI is InChI=1S/C20H20ClN3O2S/c1-14(25)6-5-13-27-20-23-22-19(17-7-3-4-8-18(17)26-2)24(20)16-11-9-15(21)10-12-16/h3-4,7-12H,5-6,13H2,1-2H3. The normalized spacial score (nSPS) is 10.8. The highest BCUT2D eigenvalue weighted by Crippen LogP contribution is 2.33. The number of rotatable bonds is 8. The summed E-state index contributed by atoms with van der Waals surface area (Å²) in [6, 6.07) is 15.3. The van der Waals surface area contributed by atoms with Gasteiger partial charge in [0.2, 0.25) is 0 Å². The molecule has 1 heterocycles. The molecule has 0 fully saturated rings. The highest BCUT2D eigenvalue weighted by Gasteiger charge is 2.18. The van der Waals surface area contributed by atoms with Crippen LogP contribution in [0.2, 0.25) is 5.02 Å². The number of thioether (sulfide) groups is 1. The predicted octanol–water partition coefficient (Wildman–Crippen LogP) is 5.06. The van der Waals surface area contributed by atoms with Crippen molar-refractivity contribution in [1.82, 2.24) is 14.8 Å². The Hall–Kier alpha value is -2.31. The molecule has 3 rings (SSSR count). The topological polar surface area (TPSA) is 57.0 Å². The lowest BCUT2D eigenvalue weighted by Gasteiger charge is -2.12. The Balaban J connectivity index is 2.00. The first kappa shape index (κ1) is 19.5. The van der Waals surface area contributed by atoms with E-state index in [-0.39, 0.29) is 5.78 Å². The van der Waals surface area contributed by atoms with Crippen LogP contribution in [0.15, 0.2) is 53.7 Å². The molecule has 0 aliphatic rings. The molecule has 0 unspecified atom stereocenters. The Labute approximate surface area is 167 Å². The summed E-state index contributed by atoms with van der Waals surface area (Å²) in [6.07, 6.45) is 1.37. The van der Waals surface area contributed by atoms with Crippen molar-refractivity contribution in [2.45, 2.75) is 24.9 Å². The number of ether oxygens (including phenoxy) is 1. The van der Waals surface area contributed by atoms with Crippen molar-refractivity contribution in [2.24, 2.45) is 0 Å². The van der Waals surface area contributed by atoms with Gasteiger partial charge in [0, 0.05) is 22.9 Å². The van der Waals surface area contributed by atoms with Crippen molar-refractivity contribution in [3.8, 4) is 22.8 Å². The molecule has 5 nitrogen and oxygen atoms in total. The summed E-state index contributed by atoms with van der Waals surface area (Å²) in [7, 11) is 1.64. The molecule has 0 radical (unpaired) electrons. The lowest BCUT2D eigenvalue weighted by atomic mass is 10.2.